The SMILES string of the molecule is O=C(NCCN1c2ccccc2N(C2CC2)S1(=O)=O)Nc1ccc(F)cc1. The fourth-order valence-electron chi connectivity index (χ4n) is 3.13. The van der Waals surface area contributed by atoms with Crippen LogP contribution < -0.4 is 19.2 Å². The first-order chi connectivity index (χ1) is 13.0. The highest BCUT2D eigenvalue weighted by atomic mass is 32.2. The number of para-hydroxylation sites is 2. The highest BCUT2D eigenvalue weighted by molar-refractivity contribution is 7.94. The molecule has 0 aromatic heterocycles. The van der Waals surface area contributed by atoms with Crippen LogP contribution in [0.4, 0.5) is 26.2 Å². The molecule has 2 aliphatic rings. The summed E-state index contributed by atoms with van der Waals surface area (Å²) in [6.07, 6.45) is 1.72. The number of benzene rings is 2. The van der Waals surface area contributed by atoms with Gasteiger partial charge in [-0.25, -0.2) is 17.8 Å². The zero-order valence-corrected chi connectivity index (χ0v) is 15.2. The van der Waals surface area contributed by atoms with Crippen LogP contribution in [0.2, 0.25) is 0 Å². The monoisotopic (exact) mass is 390 g/mol. The van der Waals surface area contributed by atoms with E-state index in [9.17, 15) is 17.6 Å². The molecule has 0 atom stereocenters. The number of anilines is 3. The number of carbonyl (C=O) groups excluding carboxylic acids is 1. The van der Waals surface area contributed by atoms with Gasteiger partial charge in [0.2, 0.25) is 0 Å². The minimum Gasteiger partial charge on any atom is -0.336 e. The summed E-state index contributed by atoms with van der Waals surface area (Å²) in [6, 6.07) is 12.1. The molecule has 2 aromatic carbocycles. The smallest absolute Gasteiger partial charge is 0.326 e. The number of fused-ring (bicyclic) bond motifs is 1. The predicted octanol–water partition coefficient (Wildman–Crippen LogP) is 2.68. The third-order valence-corrected chi connectivity index (χ3v) is 6.42. The van der Waals surface area contributed by atoms with Crippen molar-refractivity contribution in [1.29, 1.82) is 0 Å². The number of hydrogen-bond donors (Lipinski definition) is 2. The summed E-state index contributed by atoms with van der Waals surface area (Å²) in [5.41, 5.74) is 1.77. The standard InChI is InChI=1S/C18H19FN4O3S/c19-13-5-7-14(8-6-13)21-18(24)20-11-12-22-16-3-1-2-4-17(16)23(15-9-10-15)27(22,25)26/h1-8,15H,9-12H2,(H2,20,21,24). The molecular weight excluding hydrogens is 371 g/mol. The molecule has 4 rings (SSSR count). The van der Waals surface area contributed by atoms with Crippen molar-refractivity contribution < 1.29 is 17.6 Å². The average molecular weight is 390 g/mol. The fraction of sp³-hybridized carbons (Fsp3) is 0.278. The number of rotatable bonds is 5. The van der Waals surface area contributed by atoms with Crippen molar-refractivity contribution in [2.75, 3.05) is 27.0 Å². The normalized spacial score (nSPS) is 17.5. The molecule has 0 unspecified atom stereocenters. The van der Waals surface area contributed by atoms with E-state index in [0.29, 0.717) is 17.1 Å². The van der Waals surface area contributed by atoms with E-state index >= 15 is 0 Å². The molecule has 1 aliphatic carbocycles. The van der Waals surface area contributed by atoms with Gasteiger partial charge in [0, 0.05) is 18.3 Å². The van der Waals surface area contributed by atoms with Gasteiger partial charge >= 0.3 is 16.2 Å². The first-order valence-electron chi connectivity index (χ1n) is 8.68. The van der Waals surface area contributed by atoms with Crippen molar-refractivity contribution in [3.05, 3.63) is 54.3 Å². The van der Waals surface area contributed by atoms with Crippen molar-refractivity contribution in [1.82, 2.24) is 5.32 Å². The second-order valence-electron chi connectivity index (χ2n) is 6.48. The van der Waals surface area contributed by atoms with Gasteiger partial charge in [0.1, 0.15) is 5.82 Å². The molecule has 7 nitrogen and oxygen atoms in total. The molecule has 2 amide bonds. The summed E-state index contributed by atoms with van der Waals surface area (Å²) in [4.78, 5) is 12.0. The Balaban J connectivity index is 1.40. The lowest BCUT2D eigenvalue weighted by Crippen LogP contribution is -2.43. The average Bonchev–Trinajstić information content (AvgIpc) is 3.43. The minimum absolute atomic E-state index is 0.0240. The van der Waals surface area contributed by atoms with Crippen molar-refractivity contribution in [2.24, 2.45) is 0 Å². The fourth-order valence-corrected chi connectivity index (χ4v) is 5.05. The van der Waals surface area contributed by atoms with Gasteiger partial charge in [0.15, 0.2) is 0 Å². The first kappa shape index (κ1) is 17.6. The Labute approximate surface area is 157 Å². The molecule has 0 bridgehead atoms. The number of nitrogens with zero attached hydrogens (tertiary/aromatic N) is 2. The number of urea groups is 1. The van der Waals surface area contributed by atoms with Gasteiger partial charge in [-0.3, -0.25) is 0 Å². The van der Waals surface area contributed by atoms with Gasteiger partial charge in [-0.05, 0) is 49.2 Å². The highest BCUT2D eigenvalue weighted by Gasteiger charge is 2.47. The third kappa shape index (κ3) is 3.42. The maximum absolute atomic E-state index is 12.9. The molecular formula is C18H19FN4O3S. The van der Waals surface area contributed by atoms with E-state index in [2.05, 4.69) is 10.6 Å². The molecule has 1 saturated carbocycles. The van der Waals surface area contributed by atoms with E-state index in [1.165, 1.54) is 32.9 Å². The Morgan fingerprint density at radius 1 is 1.07 bits per heavy atom. The highest BCUT2D eigenvalue weighted by Crippen LogP contribution is 2.46. The molecule has 142 valence electrons. The van der Waals surface area contributed by atoms with Crippen LogP contribution in [0.5, 0.6) is 0 Å². The van der Waals surface area contributed by atoms with E-state index in [4.69, 9.17) is 0 Å². The molecule has 1 aliphatic heterocycles. The van der Waals surface area contributed by atoms with Crippen LogP contribution in [-0.4, -0.2) is 33.6 Å². The van der Waals surface area contributed by atoms with Crippen LogP contribution in [0.3, 0.4) is 0 Å². The molecule has 2 aromatic rings. The van der Waals surface area contributed by atoms with E-state index in [0.717, 1.165) is 12.8 Å². The van der Waals surface area contributed by atoms with E-state index in [1.54, 1.807) is 18.2 Å². The van der Waals surface area contributed by atoms with Crippen molar-refractivity contribution >= 4 is 33.3 Å². The van der Waals surface area contributed by atoms with Crippen molar-refractivity contribution in [3.8, 4) is 0 Å². The molecule has 1 fully saturated rings. The zero-order chi connectivity index (χ0) is 19.0. The van der Waals surface area contributed by atoms with Crippen LogP contribution in [0.1, 0.15) is 12.8 Å². The largest absolute Gasteiger partial charge is 0.336 e. The van der Waals surface area contributed by atoms with Gasteiger partial charge in [-0.15, -0.1) is 0 Å². The van der Waals surface area contributed by atoms with Gasteiger partial charge in [-0.2, -0.15) is 8.42 Å². The Hall–Kier alpha value is -2.81. The second-order valence-corrected chi connectivity index (χ2v) is 8.21. The number of amides is 2. The third-order valence-electron chi connectivity index (χ3n) is 4.50. The molecule has 0 spiro atoms. The summed E-state index contributed by atoms with van der Waals surface area (Å²) >= 11 is 0. The maximum Gasteiger partial charge on any atom is 0.326 e. The van der Waals surface area contributed by atoms with Gasteiger partial charge in [0.05, 0.1) is 17.9 Å². The van der Waals surface area contributed by atoms with Crippen LogP contribution in [0.15, 0.2) is 48.5 Å². The van der Waals surface area contributed by atoms with Crippen LogP contribution >= 0.6 is 0 Å². The summed E-state index contributed by atoms with van der Waals surface area (Å²) < 4.78 is 41.5. The predicted molar refractivity (Wildman–Crippen MR) is 102 cm³/mol. The maximum atomic E-state index is 12.9. The Morgan fingerprint density at radius 3 is 2.41 bits per heavy atom. The summed E-state index contributed by atoms with van der Waals surface area (Å²) in [7, 11) is -3.63. The van der Waals surface area contributed by atoms with E-state index in [1.807, 2.05) is 6.07 Å². The van der Waals surface area contributed by atoms with E-state index < -0.39 is 16.2 Å². The molecule has 9 heteroatoms. The first-order valence-corrected chi connectivity index (χ1v) is 10.1. The van der Waals surface area contributed by atoms with Crippen LogP contribution in [0.25, 0.3) is 0 Å². The molecule has 0 radical (unpaired) electrons. The molecule has 2 N–H and O–H groups in total. The molecule has 0 saturated heterocycles. The van der Waals surface area contributed by atoms with Gasteiger partial charge in [-0.1, -0.05) is 12.1 Å². The van der Waals surface area contributed by atoms with Crippen LogP contribution in [0, 0.1) is 5.82 Å². The molecule has 27 heavy (non-hydrogen) atoms. The minimum atomic E-state index is -3.63. The lowest BCUT2D eigenvalue weighted by Gasteiger charge is -2.21. The van der Waals surface area contributed by atoms with Gasteiger partial charge < -0.3 is 10.6 Å². The second kappa shape index (κ2) is 6.73. The van der Waals surface area contributed by atoms with Crippen molar-refractivity contribution in [3.63, 3.8) is 0 Å². The lowest BCUT2D eigenvalue weighted by molar-refractivity contribution is 0.252. The topological polar surface area (TPSA) is 81.8 Å². The summed E-state index contributed by atoms with van der Waals surface area (Å²) in [5.74, 6) is -0.390. The number of hydrogen-bond acceptors (Lipinski definition) is 3. The summed E-state index contributed by atoms with van der Waals surface area (Å²) in [6.45, 7) is 0.262. The number of halogens is 1. The van der Waals surface area contributed by atoms with E-state index in [-0.39, 0.29) is 24.9 Å². The number of carbonyl (C=O) groups is 1. The Morgan fingerprint density at radius 2 is 1.74 bits per heavy atom. The van der Waals surface area contributed by atoms with Crippen molar-refractivity contribution in [2.45, 2.75) is 18.9 Å². The summed E-state index contributed by atoms with van der Waals surface area (Å²) in [5, 5.41) is 5.21. The van der Waals surface area contributed by atoms with Gasteiger partial charge in [0.25, 0.3) is 0 Å². The Kier molecular flexibility index (Phi) is 4.39. The number of nitrogens with one attached hydrogen (secondary N) is 2. The quantitative estimate of drug-likeness (QED) is 0.824. The molecule has 1 heterocycles. The Bertz CT molecular complexity index is 961. The lowest BCUT2D eigenvalue weighted by atomic mass is 10.2. The zero-order valence-electron chi connectivity index (χ0n) is 14.4. The van der Waals surface area contributed by atoms with Crippen LogP contribution in [-0.2, 0) is 10.2 Å².